The lowest BCUT2D eigenvalue weighted by Crippen LogP contribution is -2.35. The molecule has 1 atom stereocenters. The van der Waals surface area contributed by atoms with E-state index in [1.54, 1.807) is 6.92 Å². The molecule has 0 aliphatic rings. The highest BCUT2D eigenvalue weighted by Crippen LogP contribution is 2.17. The van der Waals surface area contributed by atoms with E-state index in [4.69, 9.17) is 0 Å². The smallest absolute Gasteiger partial charge is 0.0671 e. The number of aliphatic hydroxyl groups is 1. The summed E-state index contributed by atoms with van der Waals surface area (Å²) >= 11 is 0. The Balaban J connectivity index is 3.63. The molecule has 0 rings (SSSR count). The number of carbonyl (C=O) groups is 1. The summed E-state index contributed by atoms with van der Waals surface area (Å²) in [4.78, 5) is 10.2. The minimum atomic E-state index is -1.18. The predicted octanol–water partition coefficient (Wildman–Crippen LogP) is 0.458. The number of carbonyl (C=O) groups excluding carboxylic acids is 1. The second-order valence-electron chi connectivity index (χ2n) is 3.50. The van der Waals surface area contributed by atoms with Crippen LogP contribution in [0.4, 0.5) is 0 Å². The standard InChI is InChI=1S/C9H18O3/c1-3-4-5-6-9(2,12)7-8(10)11/h12H,3-7H2,1-2H3,(H,10,11)/p-1. The number of aliphatic carboxylic acids is 1. The van der Waals surface area contributed by atoms with Gasteiger partial charge in [0.25, 0.3) is 0 Å². The zero-order valence-corrected chi connectivity index (χ0v) is 7.80. The van der Waals surface area contributed by atoms with Crippen LogP contribution in [0.25, 0.3) is 0 Å². The van der Waals surface area contributed by atoms with E-state index in [9.17, 15) is 15.0 Å². The molecule has 1 unspecified atom stereocenters. The van der Waals surface area contributed by atoms with Crippen LogP contribution in [0.5, 0.6) is 0 Å². The SMILES string of the molecule is CCCCCC(C)(O)CC(=O)[O-]. The van der Waals surface area contributed by atoms with Crippen molar-refractivity contribution in [3.8, 4) is 0 Å². The summed E-state index contributed by atoms with van der Waals surface area (Å²) in [6.07, 6.45) is 3.24. The number of unbranched alkanes of at least 4 members (excludes halogenated alkanes) is 2. The molecule has 0 saturated carbocycles. The van der Waals surface area contributed by atoms with Crippen LogP contribution in [-0.2, 0) is 4.79 Å². The van der Waals surface area contributed by atoms with Crippen LogP contribution < -0.4 is 5.11 Å². The average Bonchev–Trinajstić information content (AvgIpc) is 1.84. The van der Waals surface area contributed by atoms with Crippen molar-refractivity contribution < 1.29 is 15.0 Å². The fraction of sp³-hybridized carbons (Fsp3) is 0.889. The van der Waals surface area contributed by atoms with E-state index in [-0.39, 0.29) is 6.42 Å². The van der Waals surface area contributed by atoms with E-state index >= 15 is 0 Å². The van der Waals surface area contributed by atoms with Gasteiger partial charge >= 0.3 is 0 Å². The molecule has 3 heteroatoms. The molecule has 0 aromatic carbocycles. The van der Waals surface area contributed by atoms with Crippen molar-refractivity contribution >= 4 is 5.97 Å². The predicted molar refractivity (Wildman–Crippen MR) is 44.4 cm³/mol. The van der Waals surface area contributed by atoms with Crippen LogP contribution in [-0.4, -0.2) is 16.7 Å². The summed E-state index contributed by atoms with van der Waals surface area (Å²) in [7, 11) is 0. The third-order valence-electron chi connectivity index (χ3n) is 1.84. The number of hydrogen-bond donors (Lipinski definition) is 1. The van der Waals surface area contributed by atoms with Crippen LogP contribution in [0, 0.1) is 0 Å². The molecule has 0 aliphatic carbocycles. The normalized spacial score (nSPS) is 15.6. The Morgan fingerprint density at radius 2 is 2.08 bits per heavy atom. The number of carboxylic acid groups (broad SMARTS) is 1. The van der Waals surface area contributed by atoms with Crippen LogP contribution in [0.1, 0.15) is 46.0 Å². The van der Waals surface area contributed by atoms with Gasteiger partial charge in [-0.1, -0.05) is 26.2 Å². The quantitative estimate of drug-likeness (QED) is 0.593. The minimum absolute atomic E-state index is 0.267. The zero-order chi connectivity index (χ0) is 9.61. The molecule has 0 heterocycles. The lowest BCUT2D eigenvalue weighted by Gasteiger charge is -2.23. The van der Waals surface area contributed by atoms with Gasteiger partial charge < -0.3 is 15.0 Å². The van der Waals surface area contributed by atoms with Gasteiger partial charge in [0, 0.05) is 12.4 Å². The molecule has 1 N–H and O–H groups in total. The molecule has 0 fully saturated rings. The monoisotopic (exact) mass is 173 g/mol. The second kappa shape index (κ2) is 5.14. The summed E-state index contributed by atoms with van der Waals surface area (Å²) in [5.41, 5.74) is -1.09. The van der Waals surface area contributed by atoms with E-state index in [1.165, 1.54) is 0 Å². The topological polar surface area (TPSA) is 60.4 Å². The first kappa shape index (κ1) is 11.4. The van der Waals surface area contributed by atoms with E-state index < -0.39 is 11.6 Å². The Morgan fingerprint density at radius 3 is 2.50 bits per heavy atom. The summed E-state index contributed by atoms with van der Waals surface area (Å²) in [6, 6.07) is 0. The summed E-state index contributed by atoms with van der Waals surface area (Å²) < 4.78 is 0. The van der Waals surface area contributed by atoms with Gasteiger partial charge in [0.2, 0.25) is 0 Å². The summed E-state index contributed by atoms with van der Waals surface area (Å²) in [5, 5.41) is 19.7. The molecular formula is C9H17O3-. The number of hydrogen-bond acceptors (Lipinski definition) is 3. The molecule has 0 amide bonds. The van der Waals surface area contributed by atoms with Gasteiger partial charge in [-0.2, -0.15) is 0 Å². The maximum absolute atomic E-state index is 10.2. The van der Waals surface area contributed by atoms with E-state index in [2.05, 4.69) is 6.92 Å². The first-order chi connectivity index (χ1) is 5.48. The van der Waals surface area contributed by atoms with Gasteiger partial charge in [0.05, 0.1) is 5.60 Å². The first-order valence-electron chi connectivity index (χ1n) is 4.40. The lowest BCUT2D eigenvalue weighted by atomic mass is 9.95. The molecule has 0 spiro atoms. The van der Waals surface area contributed by atoms with Gasteiger partial charge in [-0.25, -0.2) is 0 Å². The molecule has 0 aromatic rings. The van der Waals surface area contributed by atoms with Gasteiger partial charge in [-0.3, -0.25) is 0 Å². The van der Waals surface area contributed by atoms with Gasteiger partial charge in [0.1, 0.15) is 0 Å². The fourth-order valence-electron chi connectivity index (χ4n) is 1.16. The average molecular weight is 173 g/mol. The summed E-state index contributed by atoms with van der Waals surface area (Å²) in [6.45, 7) is 3.60. The maximum Gasteiger partial charge on any atom is 0.0671 e. The molecule has 12 heavy (non-hydrogen) atoms. The molecule has 0 saturated heterocycles. The highest BCUT2D eigenvalue weighted by molar-refractivity contribution is 5.65. The second-order valence-corrected chi connectivity index (χ2v) is 3.50. The zero-order valence-electron chi connectivity index (χ0n) is 7.80. The first-order valence-corrected chi connectivity index (χ1v) is 4.40. The van der Waals surface area contributed by atoms with Crippen molar-refractivity contribution in [3.05, 3.63) is 0 Å². The van der Waals surface area contributed by atoms with Crippen molar-refractivity contribution in [2.45, 2.75) is 51.6 Å². The Kier molecular flexibility index (Phi) is 4.90. The van der Waals surface area contributed by atoms with Crippen molar-refractivity contribution in [1.82, 2.24) is 0 Å². The largest absolute Gasteiger partial charge is 0.550 e. The van der Waals surface area contributed by atoms with E-state index in [0.717, 1.165) is 19.3 Å². The Bertz CT molecular complexity index is 141. The third-order valence-corrected chi connectivity index (χ3v) is 1.84. The number of rotatable bonds is 6. The fourth-order valence-corrected chi connectivity index (χ4v) is 1.16. The Hall–Kier alpha value is -0.570. The molecule has 0 aliphatic heterocycles. The molecular weight excluding hydrogens is 156 g/mol. The minimum Gasteiger partial charge on any atom is -0.550 e. The third kappa shape index (κ3) is 6.16. The lowest BCUT2D eigenvalue weighted by molar-refractivity contribution is -0.309. The van der Waals surface area contributed by atoms with Crippen molar-refractivity contribution in [2.75, 3.05) is 0 Å². The molecule has 0 radical (unpaired) electrons. The van der Waals surface area contributed by atoms with E-state index in [1.807, 2.05) is 0 Å². The molecule has 3 nitrogen and oxygen atoms in total. The molecule has 0 bridgehead atoms. The van der Waals surface area contributed by atoms with E-state index in [0.29, 0.717) is 6.42 Å². The Morgan fingerprint density at radius 1 is 1.50 bits per heavy atom. The molecule has 72 valence electrons. The van der Waals surface area contributed by atoms with Crippen molar-refractivity contribution in [3.63, 3.8) is 0 Å². The van der Waals surface area contributed by atoms with Gasteiger partial charge in [-0.15, -0.1) is 0 Å². The van der Waals surface area contributed by atoms with Gasteiger partial charge in [-0.05, 0) is 13.3 Å². The van der Waals surface area contributed by atoms with Crippen molar-refractivity contribution in [1.29, 1.82) is 0 Å². The highest BCUT2D eigenvalue weighted by Gasteiger charge is 2.19. The van der Waals surface area contributed by atoms with Crippen LogP contribution in [0.3, 0.4) is 0 Å². The number of carboxylic acids is 1. The van der Waals surface area contributed by atoms with Crippen LogP contribution in [0.15, 0.2) is 0 Å². The van der Waals surface area contributed by atoms with Crippen LogP contribution in [0.2, 0.25) is 0 Å². The molecule has 0 aromatic heterocycles. The summed E-state index contributed by atoms with van der Waals surface area (Å²) in [5.74, 6) is -1.18. The van der Waals surface area contributed by atoms with Crippen LogP contribution >= 0.6 is 0 Å². The Labute approximate surface area is 73.4 Å². The van der Waals surface area contributed by atoms with Crippen molar-refractivity contribution in [2.24, 2.45) is 0 Å². The highest BCUT2D eigenvalue weighted by atomic mass is 16.4. The van der Waals surface area contributed by atoms with Gasteiger partial charge in [0.15, 0.2) is 0 Å². The maximum atomic E-state index is 10.2.